The van der Waals surface area contributed by atoms with Crippen molar-refractivity contribution in [1.82, 2.24) is 35.7 Å². The van der Waals surface area contributed by atoms with Crippen LogP contribution in [0.15, 0.2) is 48.5 Å². The number of methoxy groups -OCH3 is 1. The number of urea groups is 1. The van der Waals surface area contributed by atoms with E-state index in [1.54, 1.807) is 24.1 Å². The van der Waals surface area contributed by atoms with Crippen molar-refractivity contribution in [3.8, 4) is 11.4 Å². The Balaban J connectivity index is 1.57. The summed E-state index contributed by atoms with van der Waals surface area (Å²) in [6.07, 6.45) is -3.98. The van der Waals surface area contributed by atoms with E-state index in [0.29, 0.717) is 42.0 Å². The van der Waals surface area contributed by atoms with Gasteiger partial charge < -0.3 is 20.3 Å². The first-order valence-electron chi connectivity index (χ1n) is 11.1. The van der Waals surface area contributed by atoms with Crippen LogP contribution in [0.4, 0.5) is 18.0 Å². The normalized spacial score (nSPS) is 18.4. The quantitative estimate of drug-likeness (QED) is 0.553. The number of alkyl halides is 3. The summed E-state index contributed by atoms with van der Waals surface area (Å²) in [6, 6.07) is 14.5. The molecule has 2 heterocycles. The van der Waals surface area contributed by atoms with Crippen molar-refractivity contribution in [2.45, 2.75) is 31.1 Å². The summed E-state index contributed by atoms with van der Waals surface area (Å²) < 4.78 is 46.0. The predicted octanol–water partition coefficient (Wildman–Crippen LogP) is 2.98. The second-order valence-corrected chi connectivity index (χ2v) is 8.20. The van der Waals surface area contributed by atoms with Crippen molar-refractivity contribution >= 4 is 6.03 Å². The Kier molecular flexibility index (Phi) is 7.20. The van der Waals surface area contributed by atoms with Crippen LogP contribution < -0.4 is 15.4 Å². The highest BCUT2D eigenvalue weighted by Crippen LogP contribution is 2.31. The molecule has 0 spiro atoms. The molecule has 2 aromatic carbocycles. The van der Waals surface area contributed by atoms with Crippen LogP contribution in [-0.2, 0) is 12.7 Å². The minimum atomic E-state index is -4.69. The van der Waals surface area contributed by atoms with Gasteiger partial charge in [-0.15, -0.1) is 5.10 Å². The van der Waals surface area contributed by atoms with E-state index in [0.717, 1.165) is 5.56 Å². The van der Waals surface area contributed by atoms with Crippen LogP contribution in [0.3, 0.4) is 0 Å². The zero-order chi connectivity index (χ0) is 25.0. The molecule has 4 rings (SSSR count). The van der Waals surface area contributed by atoms with Gasteiger partial charge in [0.2, 0.25) is 0 Å². The molecule has 2 N–H and O–H groups in total. The summed E-state index contributed by atoms with van der Waals surface area (Å²) in [5.41, 5.74) is 1.94. The molecule has 0 unspecified atom stereocenters. The Morgan fingerprint density at radius 3 is 2.66 bits per heavy atom. The average molecular weight is 490 g/mol. The fraction of sp³-hybridized carbons (Fsp3) is 0.391. The van der Waals surface area contributed by atoms with Crippen molar-refractivity contribution in [2.24, 2.45) is 0 Å². The number of amides is 2. The first kappa shape index (κ1) is 24.5. The maximum Gasteiger partial charge on any atom is 0.453 e. The fourth-order valence-electron chi connectivity index (χ4n) is 4.39. The smallest absolute Gasteiger partial charge is 0.453 e. The molecule has 1 saturated heterocycles. The van der Waals surface area contributed by atoms with Crippen LogP contribution >= 0.6 is 0 Å². The minimum absolute atomic E-state index is 0.0328. The van der Waals surface area contributed by atoms with Gasteiger partial charge >= 0.3 is 12.2 Å². The molecule has 9 nitrogen and oxygen atoms in total. The van der Waals surface area contributed by atoms with E-state index < -0.39 is 12.0 Å². The molecule has 3 aromatic rings. The van der Waals surface area contributed by atoms with Crippen LogP contribution in [0, 0.1) is 0 Å². The number of ether oxygens (including phenoxy) is 1. The van der Waals surface area contributed by atoms with E-state index in [-0.39, 0.29) is 23.7 Å². The van der Waals surface area contributed by atoms with Gasteiger partial charge in [-0.3, -0.25) is 0 Å². The number of nitrogens with zero attached hydrogens (tertiary/aromatic N) is 5. The molecule has 0 aliphatic carbocycles. The van der Waals surface area contributed by atoms with Gasteiger partial charge in [0.25, 0.3) is 5.82 Å². The van der Waals surface area contributed by atoms with Gasteiger partial charge in [0, 0.05) is 44.2 Å². The lowest BCUT2D eigenvalue weighted by Crippen LogP contribution is -2.51. The number of nitrogens with one attached hydrogen (secondary N) is 2. The van der Waals surface area contributed by atoms with E-state index >= 15 is 0 Å². The number of carbonyl (C=O) groups is 1. The van der Waals surface area contributed by atoms with Crippen LogP contribution in [0.25, 0.3) is 5.69 Å². The molecule has 2 amide bonds. The highest BCUT2D eigenvalue weighted by Gasteiger charge is 2.38. The number of likely N-dealkylation sites (tertiary alicyclic amines) is 1. The van der Waals surface area contributed by atoms with E-state index in [2.05, 4.69) is 26.2 Å². The van der Waals surface area contributed by atoms with Crippen LogP contribution in [0.5, 0.6) is 5.75 Å². The number of rotatable bonds is 6. The van der Waals surface area contributed by atoms with Crippen molar-refractivity contribution in [3.63, 3.8) is 0 Å². The molecule has 12 heteroatoms. The van der Waals surface area contributed by atoms with Gasteiger partial charge in [-0.1, -0.05) is 30.3 Å². The Hall–Kier alpha value is -3.67. The molecule has 35 heavy (non-hydrogen) atoms. The number of hydrogen-bond acceptors (Lipinski definition) is 6. The van der Waals surface area contributed by atoms with Gasteiger partial charge in [0.05, 0.1) is 12.8 Å². The third-order valence-corrected chi connectivity index (χ3v) is 6.13. The summed E-state index contributed by atoms with van der Waals surface area (Å²) in [5, 5.41) is 16.0. The highest BCUT2D eigenvalue weighted by atomic mass is 19.4. The molecular weight excluding hydrogens is 463 g/mol. The van der Waals surface area contributed by atoms with E-state index in [9.17, 15) is 18.0 Å². The summed E-state index contributed by atoms with van der Waals surface area (Å²) in [6.45, 7) is 1.46. The molecule has 1 aromatic heterocycles. The number of aromatic nitrogens is 4. The fourth-order valence-corrected chi connectivity index (χ4v) is 4.39. The molecule has 0 bridgehead atoms. The maximum atomic E-state index is 13.3. The van der Waals surface area contributed by atoms with Gasteiger partial charge in [-0.2, -0.15) is 17.9 Å². The zero-order valence-corrected chi connectivity index (χ0v) is 19.3. The standard InChI is InChI=1S/C23H26F3N7O2/c1-27-22(34)32-11-10-19(18(14-32)15-6-4-3-5-7-15)28-13-16-12-17(8-9-20(16)35-2)33-21(23(24,25)26)29-30-31-33/h3-9,12,18-19,28H,10-11,13-14H2,1-2H3,(H,27,34)/t18-,19-/m0/s1. The Morgan fingerprint density at radius 2 is 1.97 bits per heavy atom. The minimum Gasteiger partial charge on any atom is -0.496 e. The Bertz CT molecular complexity index is 1150. The van der Waals surface area contributed by atoms with Crippen LogP contribution in [0.2, 0.25) is 0 Å². The monoisotopic (exact) mass is 489 g/mol. The second kappa shape index (κ2) is 10.3. The Labute approximate surface area is 200 Å². The highest BCUT2D eigenvalue weighted by molar-refractivity contribution is 5.74. The lowest BCUT2D eigenvalue weighted by atomic mass is 9.86. The molecular formula is C23H26F3N7O2. The van der Waals surface area contributed by atoms with Crippen molar-refractivity contribution < 1.29 is 22.7 Å². The Morgan fingerprint density at radius 1 is 1.20 bits per heavy atom. The van der Waals surface area contributed by atoms with E-state index in [1.807, 2.05) is 30.3 Å². The number of carbonyl (C=O) groups excluding carboxylic acids is 1. The number of benzene rings is 2. The number of halogens is 3. The SMILES string of the molecule is CNC(=O)N1CC[C@H](NCc2cc(-n3nnnc3C(F)(F)F)ccc2OC)[C@H](c2ccccc2)C1. The van der Waals surface area contributed by atoms with E-state index in [1.165, 1.54) is 13.2 Å². The van der Waals surface area contributed by atoms with Crippen molar-refractivity contribution in [1.29, 1.82) is 0 Å². The van der Waals surface area contributed by atoms with Crippen molar-refractivity contribution in [3.05, 3.63) is 65.5 Å². The molecule has 0 saturated carbocycles. The lowest BCUT2D eigenvalue weighted by Gasteiger charge is -2.39. The van der Waals surface area contributed by atoms with Gasteiger partial charge in [-0.05, 0) is 40.6 Å². The van der Waals surface area contributed by atoms with E-state index in [4.69, 9.17) is 4.74 Å². The van der Waals surface area contributed by atoms with Gasteiger partial charge in [-0.25, -0.2) is 4.79 Å². The summed E-state index contributed by atoms with van der Waals surface area (Å²) in [5.74, 6) is -0.637. The molecule has 1 aliphatic rings. The molecule has 1 fully saturated rings. The van der Waals surface area contributed by atoms with Gasteiger partial charge in [0.1, 0.15) is 5.75 Å². The molecule has 2 atom stereocenters. The maximum absolute atomic E-state index is 13.3. The topological polar surface area (TPSA) is 97.2 Å². The first-order chi connectivity index (χ1) is 16.8. The summed E-state index contributed by atoms with van der Waals surface area (Å²) in [4.78, 5) is 14.0. The third-order valence-electron chi connectivity index (χ3n) is 6.13. The average Bonchev–Trinajstić information content (AvgIpc) is 3.38. The number of piperidine rings is 1. The van der Waals surface area contributed by atoms with Crippen LogP contribution in [-0.4, -0.2) is 64.4 Å². The predicted molar refractivity (Wildman–Crippen MR) is 121 cm³/mol. The molecule has 186 valence electrons. The lowest BCUT2D eigenvalue weighted by molar-refractivity contribution is -0.146. The van der Waals surface area contributed by atoms with Gasteiger partial charge in [0.15, 0.2) is 0 Å². The largest absolute Gasteiger partial charge is 0.496 e. The summed E-state index contributed by atoms with van der Waals surface area (Å²) >= 11 is 0. The second-order valence-electron chi connectivity index (χ2n) is 8.20. The number of hydrogen-bond donors (Lipinski definition) is 2. The zero-order valence-electron chi connectivity index (χ0n) is 19.3. The molecule has 0 radical (unpaired) electrons. The molecule has 1 aliphatic heterocycles. The van der Waals surface area contributed by atoms with Crippen LogP contribution in [0.1, 0.15) is 29.3 Å². The van der Waals surface area contributed by atoms with Crippen molar-refractivity contribution in [2.75, 3.05) is 27.2 Å². The number of tetrazole rings is 1. The third kappa shape index (κ3) is 5.37. The first-order valence-corrected chi connectivity index (χ1v) is 11.1. The summed E-state index contributed by atoms with van der Waals surface area (Å²) in [7, 11) is 3.11.